The quantitative estimate of drug-likeness (QED) is 0.152. The van der Waals surface area contributed by atoms with Crippen LogP contribution < -0.4 is 4.90 Å². The maximum Gasteiger partial charge on any atom is 0.143 e. The smallest absolute Gasteiger partial charge is 0.143 e. The lowest BCUT2D eigenvalue weighted by Gasteiger charge is -2.27. The lowest BCUT2D eigenvalue weighted by Crippen LogP contribution is -2.10. The van der Waals surface area contributed by atoms with Crippen molar-refractivity contribution in [3.05, 3.63) is 255 Å². The topological polar surface area (TPSA) is 21.3 Å². The van der Waals surface area contributed by atoms with Gasteiger partial charge in [0, 0.05) is 49.9 Å². The van der Waals surface area contributed by atoms with E-state index in [-0.39, 0.29) is 0 Å². The van der Waals surface area contributed by atoms with Crippen LogP contribution in [0.2, 0.25) is 0 Å². The second kappa shape index (κ2) is 16.0. The van der Waals surface area contributed by atoms with Crippen molar-refractivity contribution < 1.29 is 4.42 Å². The highest BCUT2D eigenvalue weighted by atomic mass is 16.3. The first-order valence-corrected chi connectivity index (χ1v) is 22.9. The molecule has 0 aliphatic carbocycles. The molecule has 13 aromatic rings. The molecular formula is C64H42N2O. The highest BCUT2D eigenvalue weighted by molar-refractivity contribution is 6.23. The van der Waals surface area contributed by atoms with E-state index < -0.39 is 0 Å². The Hall–Kier alpha value is -8.92. The summed E-state index contributed by atoms with van der Waals surface area (Å²) in [6, 6.07) is 91.8. The summed E-state index contributed by atoms with van der Waals surface area (Å²) in [4.78, 5) is 2.37. The van der Waals surface area contributed by atoms with Gasteiger partial charge in [-0.2, -0.15) is 0 Å². The minimum absolute atomic E-state index is 0.885. The van der Waals surface area contributed by atoms with Crippen LogP contribution in [0, 0.1) is 0 Å². The number of aromatic nitrogens is 1. The zero-order valence-electron chi connectivity index (χ0n) is 36.6. The molecule has 0 amide bonds. The summed E-state index contributed by atoms with van der Waals surface area (Å²) in [5, 5.41) is 7.03. The van der Waals surface area contributed by atoms with E-state index in [1.807, 2.05) is 0 Å². The number of benzene rings is 11. The largest absolute Gasteiger partial charge is 0.455 e. The van der Waals surface area contributed by atoms with E-state index in [2.05, 4.69) is 264 Å². The van der Waals surface area contributed by atoms with Crippen LogP contribution in [0.5, 0.6) is 0 Å². The van der Waals surface area contributed by atoms with Gasteiger partial charge in [-0.25, -0.2) is 0 Å². The first-order valence-electron chi connectivity index (χ1n) is 22.9. The van der Waals surface area contributed by atoms with E-state index in [0.29, 0.717) is 0 Å². The van der Waals surface area contributed by atoms with Gasteiger partial charge in [-0.15, -0.1) is 0 Å². The van der Waals surface area contributed by atoms with Crippen LogP contribution in [0.15, 0.2) is 259 Å². The van der Waals surface area contributed by atoms with Crippen LogP contribution in [-0.2, 0) is 0 Å². The Morgan fingerprint density at radius 1 is 0.313 bits per heavy atom. The Kier molecular flexibility index (Phi) is 9.17. The first kappa shape index (κ1) is 38.5. The molecule has 0 N–H and O–H groups in total. The Bertz CT molecular complexity index is 3960. The second-order valence-electron chi connectivity index (χ2n) is 17.3. The Balaban J connectivity index is 0.969. The van der Waals surface area contributed by atoms with Crippen molar-refractivity contribution >= 4 is 71.6 Å². The van der Waals surface area contributed by atoms with E-state index in [1.54, 1.807) is 0 Å². The molecule has 3 nitrogen and oxygen atoms in total. The zero-order chi connectivity index (χ0) is 44.3. The van der Waals surface area contributed by atoms with Gasteiger partial charge in [-0.05, 0) is 129 Å². The molecule has 13 rings (SSSR count). The fourth-order valence-corrected chi connectivity index (χ4v) is 10.2. The molecule has 2 heterocycles. The van der Waals surface area contributed by atoms with Crippen molar-refractivity contribution in [2.24, 2.45) is 0 Å². The van der Waals surface area contributed by atoms with E-state index in [0.717, 1.165) is 77.8 Å². The molecule has 314 valence electrons. The van der Waals surface area contributed by atoms with Crippen LogP contribution in [-0.4, -0.2) is 4.57 Å². The van der Waals surface area contributed by atoms with Crippen LogP contribution >= 0.6 is 0 Å². The van der Waals surface area contributed by atoms with Crippen LogP contribution in [0.25, 0.3) is 105 Å². The minimum Gasteiger partial charge on any atom is -0.455 e. The van der Waals surface area contributed by atoms with Crippen LogP contribution in [0.3, 0.4) is 0 Å². The normalized spacial score (nSPS) is 11.6. The van der Waals surface area contributed by atoms with Crippen molar-refractivity contribution in [3.8, 4) is 50.2 Å². The van der Waals surface area contributed by atoms with Crippen LogP contribution in [0.4, 0.5) is 17.1 Å². The molecule has 3 heteroatoms. The summed E-state index contributed by atoms with van der Waals surface area (Å²) in [5.41, 5.74) is 17.7. The molecule has 0 aliphatic heterocycles. The maximum atomic E-state index is 6.83. The van der Waals surface area contributed by atoms with Gasteiger partial charge in [0.25, 0.3) is 0 Å². The fraction of sp³-hybridized carbons (Fsp3) is 0. The lowest BCUT2D eigenvalue weighted by molar-refractivity contribution is 0.670. The van der Waals surface area contributed by atoms with Crippen LogP contribution in [0.1, 0.15) is 0 Å². The molecule has 11 aromatic carbocycles. The molecule has 0 unspecified atom stereocenters. The number of fused-ring (bicyclic) bond motifs is 8. The number of rotatable bonds is 8. The number of para-hydroxylation sites is 3. The Labute approximate surface area is 388 Å². The summed E-state index contributed by atoms with van der Waals surface area (Å²) in [7, 11) is 0. The summed E-state index contributed by atoms with van der Waals surface area (Å²) >= 11 is 0. The average Bonchev–Trinajstić information content (AvgIpc) is 3.96. The number of hydrogen-bond acceptors (Lipinski definition) is 2. The molecule has 0 bridgehead atoms. The summed E-state index contributed by atoms with van der Waals surface area (Å²) in [6.07, 6.45) is 0. The van der Waals surface area contributed by atoms with E-state index in [1.165, 1.54) is 43.9 Å². The third-order valence-corrected chi connectivity index (χ3v) is 13.3. The standard InChI is InChI=1S/C64H42N2O/c1-4-16-43(17-5-1)45-30-34-52(35-31-45)65(53-24-14-20-46(39-53)44-18-6-2-7-19-44)54-25-15-21-47(40-54)48-32-36-55-50(38-48)41-59(64-63(55)58-27-11-13-29-62(58)67-64)49-33-37-57-56-26-10-12-28-60(56)66(61(57)42-49)51-22-8-3-9-23-51/h1-42H. The molecule has 0 spiro atoms. The van der Waals surface area contributed by atoms with Gasteiger partial charge in [0.05, 0.1) is 11.0 Å². The molecule has 0 radical (unpaired) electrons. The Morgan fingerprint density at radius 3 is 1.57 bits per heavy atom. The number of furan rings is 1. The van der Waals surface area contributed by atoms with Gasteiger partial charge in [-0.1, -0.05) is 176 Å². The predicted octanol–water partition coefficient (Wildman–Crippen LogP) is 18.0. The molecule has 0 saturated carbocycles. The second-order valence-corrected chi connectivity index (χ2v) is 17.3. The van der Waals surface area contributed by atoms with Gasteiger partial charge < -0.3 is 13.9 Å². The van der Waals surface area contributed by atoms with Gasteiger partial charge >= 0.3 is 0 Å². The fourth-order valence-electron chi connectivity index (χ4n) is 10.2. The molecule has 0 saturated heterocycles. The predicted molar refractivity (Wildman–Crippen MR) is 282 cm³/mol. The highest BCUT2D eigenvalue weighted by Gasteiger charge is 2.20. The van der Waals surface area contributed by atoms with Crippen molar-refractivity contribution in [3.63, 3.8) is 0 Å². The van der Waals surface area contributed by atoms with Crippen molar-refractivity contribution in [1.82, 2.24) is 4.57 Å². The minimum atomic E-state index is 0.885. The van der Waals surface area contributed by atoms with Gasteiger partial charge in [0.1, 0.15) is 11.2 Å². The SMILES string of the molecule is c1ccc(-c2ccc(N(c3cccc(-c4ccccc4)c3)c3cccc(-c4ccc5c(c4)cc(-c4ccc6c7ccccc7n(-c7ccccc7)c6c4)c4oc6ccccc6c45)c3)cc2)cc1. The van der Waals surface area contributed by atoms with E-state index in [4.69, 9.17) is 4.42 Å². The number of nitrogens with zero attached hydrogens (tertiary/aromatic N) is 2. The maximum absolute atomic E-state index is 6.83. The molecule has 0 atom stereocenters. The summed E-state index contributed by atoms with van der Waals surface area (Å²) in [5.74, 6) is 0. The van der Waals surface area contributed by atoms with Crippen molar-refractivity contribution in [2.75, 3.05) is 4.90 Å². The highest BCUT2D eigenvalue weighted by Crippen LogP contribution is 2.45. The molecular weight excluding hydrogens is 813 g/mol. The molecule has 0 aliphatic rings. The molecule has 67 heavy (non-hydrogen) atoms. The first-order chi connectivity index (χ1) is 33.2. The molecule has 2 aromatic heterocycles. The lowest BCUT2D eigenvalue weighted by atomic mass is 9.93. The number of anilines is 3. The average molecular weight is 855 g/mol. The number of hydrogen-bond donors (Lipinski definition) is 0. The zero-order valence-corrected chi connectivity index (χ0v) is 36.6. The van der Waals surface area contributed by atoms with Gasteiger partial charge in [0.2, 0.25) is 0 Å². The Morgan fingerprint density at radius 2 is 0.836 bits per heavy atom. The third-order valence-electron chi connectivity index (χ3n) is 13.3. The van der Waals surface area contributed by atoms with Gasteiger partial charge in [0.15, 0.2) is 0 Å². The van der Waals surface area contributed by atoms with Crippen molar-refractivity contribution in [2.45, 2.75) is 0 Å². The third kappa shape index (κ3) is 6.67. The summed E-state index contributed by atoms with van der Waals surface area (Å²) < 4.78 is 9.21. The van der Waals surface area contributed by atoms with Gasteiger partial charge in [-0.3, -0.25) is 0 Å². The summed E-state index contributed by atoms with van der Waals surface area (Å²) in [6.45, 7) is 0. The van der Waals surface area contributed by atoms with Crippen molar-refractivity contribution in [1.29, 1.82) is 0 Å². The monoisotopic (exact) mass is 854 g/mol. The molecule has 0 fully saturated rings. The van der Waals surface area contributed by atoms with E-state index in [9.17, 15) is 0 Å². The van der Waals surface area contributed by atoms with E-state index >= 15 is 0 Å².